The van der Waals surface area contributed by atoms with Gasteiger partial charge in [0.2, 0.25) is 0 Å². The van der Waals surface area contributed by atoms with Crippen molar-refractivity contribution in [3.63, 3.8) is 0 Å². The number of carbonyl (C=O) groups excluding carboxylic acids is 1. The molecule has 114 valence electrons. The van der Waals surface area contributed by atoms with Gasteiger partial charge in [-0.25, -0.2) is 18.0 Å². The molecule has 0 aromatic carbocycles. The molecule has 0 atom stereocenters. The minimum atomic E-state index is -3.05. The number of urea groups is 1. The number of nitrogens with zero attached hydrogens (tertiary/aromatic N) is 1. The van der Waals surface area contributed by atoms with Gasteiger partial charge >= 0.3 is 12.0 Å². The van der Waals surface area contributed by atoms with Gasteiger partial charge in [0.15, 0.2) is 9.84 Å². The van der Waals surface area contributed by atoms with Crippen molar-refractivity contribution in [2.75, 3.05) is 24.6 Å². The summed E-state index contributed by atoms with van der Waals surface area (Å²) >= 11 is 0. The largest absolute Gasteiger partial charge is 0.480 e. The molecular weight excluding hydrogens is 284 g/mol. The van der Waals surface area contributed by atoms with Crippen molar-refractivity contribution in [3.8, 4) is 0 Å². The van der Waals surface area contributed by atoms with Crippen LogP contribution in [0, 0.1) is 0 Å². The minimum Gasteiger partial charge on any atom is -0.480 e. The molecule has 0 unspecified atom stereocenters. The SMILES string of the molecule is O=C(NC1(C(=O)O)CCCCC1)N1CCS(=O)(=O)CC1. The molecule has 1 saturated carbocycles. The minimum absolute atomic E-state index is 0.0551. The Balaban J connectivity index is 2.00. The Labute approximate surface area is 118 Å². The van der Waals surface area contributed by atoms with E-state index in [9.17, 15) is 23.1 Å². The molecule has 2 N–H and O–H groups in total. The first-order valence-electron chi connectivity index (χ1n) is 6.86. The third-order valence-electron chi connectivity index (χ3n) is 4.09. The summed E-state index contributed by atoms with van der Waals surface area (Å²) in [5.41, 5.74) is -1.19. The molecule has 20 heavy (non-hydrogen) atoms. The van der Waals surface area contributed by atoms with E-state index >= 15 is 0 Å². The number of carbonyl (C=O) groups is 2. The summed E-state index contributed by atoms with van der Waals surface area (Å²) in [5.74, 6) is -1.11. The lowest BCUT2D eigenvalue weighted by Crippen LogP contribution is -2.60. The second-order valence-corrected chi connectivity index (χ2v) is 7.82. The number of amides is 2. The molecule has 2 aliphatic rings. The second kappa shape index (κ2) is 5.59. The number of carboxylic acids is 1. The van der Waals surface area contributed by atoms with Gasteiger partial charge in [-0.05, 0) is 12.8 Å². The molecule has 1 aliphatic heterocycles. The van der Waals surface area contributed by atoms with Crippen LogP contribution >= 0.6 is 0 Å². The van der Waals surface area contributed by atoms with Gasteiger partial charge in [-0.3, -0.25) is 0 Å². The van der Waals surface area contributed by atoms with Gasteiger partial charge in [-0.2, -0.15) is 0 Å². The van der Waals surface area contributed by atoms with Gasteiger partial charge < -0.3 is 15.3 Å². The molecule has 2 fully saturated rings. The van der Waals surface area contributed by atoms with Crippen LogP contribution in [0.15, 0.2) is 0 Å². The number of aliphatic carboxylic acids is 1. The first-order valence-corrected chi connectivity index (χ1v) is 8.68. The molecule has 1 saturated heterocycles. The van der Waals surface area contributed by atoms with Crippen LogP contribution in [-0.4, -0.2) is 60.6 Å². The zero-order valence-corrected chi connectivity index (χ0v) is 12.1. The molecule has 0 radical (unpaired) electrons. The Kier molecular flexibility index (Phi) is 4.22. The number of hydrogen-bond donors (Lipinski definition) is 2. The van der Waals surface area contributed by atoms with E-state index in [1.165, 1.54) is 4.90 Å². The second-order valence-electron chi connectivity index (χ2n) is 5.52. The third-order valence-corrected chi connectivity index (χ3v) is 5.70. The summed E-state index contributed by atoms with van der Waals surface area (Å²) in [5, 5.41) is 12.0. The fraction of sp³-hybridized carbons (Fsp3) is 0.833. The Hall–Kier alpha value is -1.31. The van der Waals surface area contributed by atoms with Gasteiger partial charge in [0.25, 0.3) is 0 Å². The monoisotopic (exact) mass is 304 g/mol. The van der Waals surface area contributed by atoms with Gasteiger partial charge in [-0.15, -0.1) is 0 Å². The Morgan fingerprint density at radius 1 is 1.05 bits per heavy atom. The number of hydrogen-bond acceptors (Lipinski definition) is 4. The zero-order valence-electron chi connectivity index (χ0n) is 11.3. The summed E-state index contributed by atoms with van der Waals surface area (Å²) in [6, 6.07) is -0.468. The standard InChI is InChI=1S/C12H20N2O5S/c15-10(16)12(4-2-1-3-5-12)13-11(17)14-6-8-20(18,19)9-7-14/h1-9H2,(H,13,17)(H,15,16). The average Bonchev–Trinajstić information content (AvgIpc) is 2.39. The Morgan fingerprint density at radius 2 is 1.60 bits per heavy atom. The van der Waals surface area contributed by atoms with Crippen molar-refractivity contribution in [1.82, 2.24) is 10.2 Å². The maximum Gasteiger partial charge on any atom is 0.329 e. The molecular formula is C12H20N2O5S. The first kappa shape index (κ1) is 15.1. The molecule has 2 rings (SSSR count). The molecule has 0 spiro atoms. The number of nitrogens with one attached hydrogen (secondary N) is 1. The smallest absolute Gasteiger partial charge is 0.329 e. The maximum atomic E-state index is 12.1. The van der Waals surface area contributed by atoms with Crippen LogP contribution < -0.4 is 5.32 Å². The molecule has 7 nitrogen and oxygen atoms in total. The highest BCUT2D eigenvalue weighted by Gasteiger charge is 2.42. The Morgan fingerprint density at radius 3 is 2.10 bits per heavy atom. The van der Waals surface area contributed by atoms with E-state index in [-0.39, 0.29) is 24.6 Å². The van der Waals surface area contributed by atoms with Crippen LogP contribution in [0.3, 0.4) is 0 Å². The number of sulfone groups is 1. The number of carboxylic acid groups (broad SMARTS) is 1. The van der Waals surface area contributed by atoms with Crippen LogP contribution in [0.5, 0.6) is 0 Å². The maximum absolute atomic E-state index is 12.1. The summed E-state index contributed by atoms with van der Waals surface area (Å²) in [7, 11) is -3.05. The Bertz CT molecular complexity index is 482. The van der Waals surface area contributed by atoms with Crippen LogP contribution in [0.2, 0.25) is 0 Å². The van der Waals surface area contributed by atoms with Crippen molar-refractivity contribution >= 4 is 21.8 Å². The highest BCUT2D eigenvalue weighted by Crippen LogP contribution is 2.28. The van der Waals surface area contributed by atoms with Crippen molar-refractivity contribution in [1.29, 1.82) is 0 Å². The van der Waals surface area contributed by atoms with E-state index in [1.807, 2.05) is 0 Å². The predicted octanol–water partition coefficient (Wildman–Crippen LogP) is 0.214. The van der Waals surface area contributed by atoms with E-state index in [1.54, 1.807) is 0 Å². The normalized spacial score (nSPS) is 24.9. The highest BCUT2D eigenvalue weighted by atomic mass is 32.2. The van der Waals surface area contributed by atoms with Crippen LogP contribution in [0.1, 0.15) is 32.1 Å². The van der Waals surface area contributed by atoms with E-state index in [0.717, 1.165) is 19.3 Å². The summed E-state index contributed by atoms with van der Waals surface area (Å²) in [6.07, 6.45) is 3.40. The lowest BCUT2D eigenvalue weighted by molar-refractivity contribution is -0.146. The summed E-state index contributed by atoms with van der Waals surface area (Å²) in [6.45, 7) is 0.258. The molecule has 0 aromatic rings. The zero-order chi connectivity index (χ0) is 14.8. The van der Waals surface area contributed by atoms with Crippen LogP contribution in [0.4, 0.5) is 4.79 Å². The van der Waals surface area contributed by atoms with Gasteiger partial charge in [-0.1, -0.05) is 19.3 Å². The van der Waals surface area contributed by atoms with E-state index in [0.29, 0.717) is 12.8 Å². The van der Waals surface area contributed by atoms with Crippen molar-refractivity contribution in [3.05, 3.63) is 0 Å². The van der Waals surface area contributed by atoms with Gasteiger partial charge in [0.1, 0.15) is 5.54 Å². The molecule has 8 heteroatoms. The van der Waals surface area contributed by atoms with Crippen LogP contribution in [-0.2, 0) is 14.6 Å². The number of rotatable bonds is 2. The molecule has 0 aromatic heterocycles. The van der Waals surface area contributed by atoms with E-state index < -0.39 is 27.4 Å². The molecule has 1 heterocycles. The van der Waals surface area contributed by atoms with Crippen molar-refractivity contribution in [2.45, 2.75) is 37.6 Å². The van der Waals surface area contributed by atoms with E-state index in [2.05, 4.69) is 5.32 Å². The van der Waals surface area contributed by atoms with Crippen molar-refractivity contribution < 1.29 is 23.1 Å². The van der Waals surface area contributed by atoms with Gasteiger partial charge in [0, 0.05) is 13.1 Å². The van der Waals surface area contributed by atoms with Crippen LogP contribution in [0.25, 0.3) is 0 Å². The van der Waals surface area contributed by atoms with Gasteiger partial charge in [0.05, 0.1) is 11.5 Å². The first-order chi connectivity index (χ1) is 9.35. The lowest BCUT2D eigenvalue weighted by atomic mass is 9.82. The average molecular weight is 304 g/mol. The predicted molar refractivity (Wildman–Crippen MR) is 72.2 cm³/mol. The van der Waals surface area contributed by atoms with Crippen molar-refractivity contribution in [2.24, 2.45) is 0 Å². The van der Waals surface area contributed by atoms with E-state index in [4.69, 9.17) is 0 Å². The topological polar surface area (TPSA) is 104 Å². The quantitative estimate of drug-likeness (QED) is 0.759. The molecule has 2 amide bonds. The fourth-order valence-corrected chi connectivity index (χ4v) is 3.95. The lowest BCUT2D eigenvalue weighted by Gasteiger charge is -2.36. The highest BCUT2D eigenvalue weighted by molar-refractivity contribution is 7.91. The fourth-order valence-electron chi connectivity index (χ4n) is 2.75. The molecule has 0 bridgehead atoms. The summed E-state index contributed by atoms with van der Waals surface area (Å²) < 4.78 is 22.7. The third kappa shape index (κ3) is 3.23. The molecule has 1 aliphatic carbocycles. The summed E-state index contributed by atoms with van der Waals surface area (Å²) in [4.78, 5) is 25.0.